The average Bonchev–Trinajstić information content (AvgIpc) is 2.88. The van der Waals surface area contributed by atoms with Gasteiger partial charge < -0.3 is 15.2 Å². The van der Waals surface area contributed by atoms with Gasteiger partial charge in [0.2, 0.25) is 0 Å². The van der Waals surface area contributed by atoms with E-state index in [0.29, 0.717) is 0 Å². The highest BCUT2D eigenvalue weighted by Crippen LogP contribution is 2.46. The molecule has 5 nitrogen and oxygen atoms in total. The maximum absolute atomic E-state index is 10.3. The molecular formula is C17H19N3O2. The van der Waals surface area contributed by atoms with Crippen molar-refractivity contribution in [1.29, 1.82) is 0 Å². The van der Waals surface area contributed by atoms with Crippen LogP contribution in [0.25, 0.3) is 11.3 Å². The molecule has 22 heavy (non-hydrogen) atoms. The summed E-state index contributed by atoms with van der Waals surface area (Å²) in [6.07, 6.45) is 3.29. The Morgan fingerprint density at radius 1 is 1.27 bits per heavy atom. The molecule has 4 rings (SSSR count). The van der Waals surface area contributed by atoms with Crippen molar-refractivity contribution in [2.75, 3.05) is 12.4 Å². The average molecular weight is 297 g/mol. The molecule has 5 heteroatoms. The van der Waals surface area contributed by atoms with Gasteiger partial charge in [-0.25, -0.2) is 0 Å². The van der Waals surface area contributed by atoms with Crippen molar-refractivity contribution in [1.82, 2.24) is 10.2 Å². The van der Waals surface area contributed by atoms with E-state index in [0.717, 1.165) is 53.0 Å². The van der Waals surface area contributed by atoms with E-state index in [1.54, 1.807) is 6.07 Å². The Morgan fingerprint density at radius 3 is 2.91 bits per heavy atom. The lowest BCUT2D eigenvalue weighted by atomic mass is 9.93. The molecule has 0 aliphatic carbocycles. The maximum Gasteiger partial charge on any atom is 0.154 e. The molecule has 1 aromatic carbocycles. The molecule has 0 saturated carbocycles. The molecule has 2 bridgehead atoms. The van der Waals surface area contributed by atoms with Crippen LogP contribution < -0.4 is 5.32 Å². The number of nitrogens with zero attached hydrogens (tertiary/aromatic N) is 2. The largest absolute Gasteiger partial charge is 0.507 e. The number of ether oxygens (including phenoxy) is 1. The van der Waals surface area contributed by atoms with Crippen LogP contribution >= 0.6 is 0 Å². The third kappa shape index (κ3) is 1.96. The SMILES string of the molecule is CNc1nnc(-c2ccc(C)cc2O)c2c1[C@H]1CCC(C2)O1. The fourth-order valence-electron chi connectivity index (χ4n) is 3.58. The fourth-order valence-corrected chi connectivity index (χ4v) is 3.58. The summed E-state index contributed by atoms with van der Waals surface area (Å²) >= 11 is 0. The molecular weight excluding hydrogens is 278 g/mol. The summed E-state index contributed by atoms with van der Waals surface area (Å²) in [7, 11) is 1.86. The molecule has 1 unspecified atom stereocenters. The lowest BCUT2D eigenvalue weighted by molar-refractivity contribution is 0.0326. The first-order chi connectivity index (χ1) is 10.7. The number of aromatic nitrogens is 2. The molecule has 1 aromatic heterocycles. The van der Waals surface area contributed by atoms with E-state index in [4.69, 9.17) is 4.74 Å². The number of aryl methyl sites for hydroxylation is 1. The Balaban J connectivity index is 1.93. The van der Waals surface area contributed by atoms with Gasteiger partial charge in [-0.2, -0.15) is 0 Å². The van der Waals surface area contributed by atoms with Crippen LogP contribution in [0.15, 0.2) is 18.2 Å². The minimum absolute atomic E-state index is 0.0954. The van der Waals surface area contributed by atoms with Crippen molar-refractivity contribution in [3.63, 3.8) is 0 Å². The maximum atomic E-state index is 10.3. The summed E-state index contributed by atoms with van der Waals surface area (Å²) < 4.78 is 6.04. The number of fused-ring (bicyclic) bond motifs is 4. The number of benzene rings is 1. The fraction of sp³-hybridized carbons (Fsp3) is 0.412. The van der Waals surface area contributed by atoms with Crippen LogP contribution in [0.5, 0.6) is 5.75 Å². The molecule has 1 saturated heterocycles. The number of phenolic OH excluding ortho intramolecular Hbond substituents is 1. The van der Waals surface area contributed by atoms with Crippen molar-refractivity contribution < 1.29 is 9.84 Å². The van der Waals surface area contributed by atoms with Gasteiger partial charge in [0.15, 0.2) is 5.82 Å². The Morgan fingerprint density at radius 2 is 2.14 bits per heavy atom. The first-order valence-corrected chi connectivity index (χ1v) is 7.70. The van der Waals surface area contributed by atoms with E-state index in [1.165, 1.54) is 0 Å². The lowest BCUT2D eigenvalue weighted by Gasteiger charge is -2.27. The second-order valence-corrected chi connectivity index (χ2v) is 6.09. The Bertz CT molecular complexity index is 745. The highest BCUT2D eigenvalue weighted by Gasteiger charge is 2.38. The van der Waals surface area contributed by atoms with Crippen LogP contribution in [-0.2, 0) is 11.2 Å². The molecule has 114 valence electrons. The van der Waals surface area contributed by atoms with Gasteiger partial charge in [0, 0.05) is 24.6 Å². The molecule has 2 N–H and O–H groups in total. The minimum Gasteiger partial charge on any atom is -0.507 e. The highest BCUT2D eigenvalue weighted by atomic mass is 16.5. The number of hydrogen-bond acceptors (Lipinski definition) is 5. The minimum atomic E-state index is 0.0954. The topological polar surface area (TPSA) is 67.3 Å². The Kier molecular flexibility index (Phi) is 3.04. The molecule has 2 atom stereocenters. The summed E-state index contributed by atoms with van der Waals surface area (Å²) in [5.74, 6) is 1.04. The predicted molar refractivity (Wildman–Crippen MR) is 84.0 cm³/mol. The predicted octanol–water partition coefficient (Wildman–Crippen LogP) is 2.98. The van der Waals surface area contributed by atoms with E-state index < -0.39 is 0 Å². The van der Waals surface area contributed by atoms with Gasteiger partial charge in [0.1, 0.15) is 11.4 Å². The van der Waals surface area contributed by atoms with Crippen molar-refractivity contribution in [2.24, 2.45) is 0 Å². The zero-order chi connectivity index (χ0) is 15.3. The van der Waals surface area contributed by atoms with Crippen LogP contribution in [0.2, 0.25) is 0 Å². The van der Waals surface area contributed by atoms with E-state index >= 15 is 0 Å². The van der Waals surface area contributed by atoms with E-state index in [1.807, 2.05) is 26.1 Å². The monoisotopic (exact) mass is 297 g/mol. The van der Waals surface area contributed by atoms with Crippen molar-refractivity contribution >= 4 is 5.82 Å². The molecule has 2 aliphatic rings. The van der Waals surface area contributed by atoms with Gasteiger partial charge >= 0.3 is 0 Å². The van der Waals surface area contributed by atoms with Crippen molar-refractivity contribution in [3.05, 3.63) is 34.9 Å². The van der Waals surface area contributed by atoms with Gasteiger partial charge in [0.25, 0.3) is 0 Å². The van der Waals surface area contributed by atoms with Crippen LogP contribution in [0, 0.1) is 6.92 Å². The Hall–Kier alpha value is -2.14. The van der Waals surface area contributed by atoms with Gasteiger partial charge in [-0.15, -0.1) is 10.2 Å². The van der Waals surface area contributed by atoms with E-state index in [-0.39, 0.29) is 18.0 Å². The molecule has 1 fully saturated rings. The number of hydrogen-bond donors (Lipinski definition) is 2. The van der Waals surface area contributed by atoms with Gasteiger partial charge in [-0.1, -0.05) is 6.07 Å². The third-order valence-corrected chi connectivity index (χ3v) is 4.62. The van der Waals surface area contributed by atoms with Gasteiger partial charge in [-0.3, -0.25) is 0 Å². The van der Waals surface area contributed by atoms with Gasteiger partial charge in [0.05, 0.1) is 12.2 Å². The third-order valence-electron chi connectivity index (χ3n) is 4.62. The van der Waals surface area contributed by atoms with Crippen LogP contribution in [0.4, 0.5) is 5.82 Å². The Labute approximate surface area is 129 Å². The quantitative estimate of drug-likeness (QED) is 0.892. The second kappa shape index (κ2) is 4.95. The van der Waals surface area contributed by atoms with E-state index in [9.17, 15) is 5.11 Å². The van der Waals surface area contributed by atoms with Gasteiger partial charge in [-0.05, 0) is 43.0 Å². The summed E-state index contributed by atoms with van der Waals surface area (Å²) in [5.41, 5.74) is 4.84. The first kappa shape index (κ1) is 13.5. The second-order valence-electron chi connectivity index (χ2n) is 6.09. The number of rotatable bonds is 2. The molecule has 2 aliphatic heterocycles. The molecule has 3 heterocycles. The highest BCUT2D eigenvalue weighted by molar-refractivity contribution is 5.73. The zero-order valence-corrected chi connectivity index (χ0v) is 12.8. The standard InChI is InChI=1S/C17H19N3O2/c1-9-3-5-11(13(21)7-9)16-12-8-10-4-6-14(22-10)15(12)17(18-2)20-19-16/h3,5,7,10,14,21H,4,6,8H2,1-2H3,(H,18,20)/t10?,14-/m1/s1. The smallest absolute Gasteiger partial charge is 0.154 e. The summed E-state index contributed by atoms with van der Waals surface area (Å²) in [5, 5.41) is 22.1. The summed E-state index contributed by atoms with van der Waals surface area (Å²) in [4.78, 5) is 0. The molecule has 0 radical (unpaired) electrons. The molecule has 0 spiro atoms. The van der Waals surface area contributed by atoms with Crippen LogP contribution in [0.3, 0.4) is 0 Å². The molecule has 0 amide bonds. The van der Waals surface area contributed by atoms with Crippen LogP contribution in [0.1, 0.15) is 35.6 Å². The lowest BCUT2D eigenvalue weighted by Crippen LogP contribution is -2.21. The number of nitrogens with one attached hydrogen (secondary N) is 1. The van der Waals surface area contributed by atoms with Crippen LogP contribution in [-0.4, -0.2) is 28.5 Å². The molecule has 2 aromatic rings. The first-order valence-electron chi connectivity index (χ1n) is 7.70. The normalized spacial score (nSPS) is 22.5. The summed E-state index contributed by atoms with van der Waals surface area (Å²) in [6, 6.07) is 5.68. The number of phenols is 1. The van der Waals surface area contributed by atoms with E-state index in [2.05, 4.69) is 15.5 Å². The summed E-state index contributed by atoms with van der Waals surface area (Å²) in [6.45, 7) is 1.96. The number of anilines is 1. The zero-order valence-electron chi connectivity index (χ0n) is 12.8. The number of aromatic hydroxyl groups is 1. The van der Waals surface area contributed by atoms with Crippen molar-refractivity contribution in [2.45, 2.75) is 38.4 Å². The van der Waals surface area contributed by atoms with Crippen molar-refractivity contribution in [3.8, 4) is 17.0 Å².